The van der Waals surface area contributed by atoms with Crippen LogP contribution in [0.2, 0.25) is 0 Å². The van der Waals surface area contributed by atoms with E-state index in [2.05, 4.69) is 26.8 Å². The number of carbonyl (C=O) groups excluding carboxylic acids is 1. The molecule has 0 bridgehead atoms. The summed E-state index contributed by atoms with van der Waals surface area (Å²) in [5, 5.41) is 2.99. The minimum absolute atomic E-state index is 0.0891. The highest BCUT2D eigenvalue weighted by Crippen LogP contribution is 2.13. The monoisotopic (exact) mass is 307 g/mol. The number of hydrogen-bond acceptors (Lipinski definition) is 2. The molecule has 2 heterocycles. The van der Waals surface area contributed by atoms with E-state index in [1.807, 2.05) is 49.5 Å². The molecule has 4 heteroatoms. The van der Waals surface area contributed by atoms with Crippen molar-refractivity contribution >= 4 is 11.6 Å². The van der Waals surface area contributed by atoms with Gasteiger partial charge in [-0.2, -0.15) is 0 Å². The zero-order valence-corrected chi connectivity index (χ0v) is 13.3. The lowest BCUT2D eigenvalue weighted by Gasteiger charge is -2.06. The smallest absolute Gasteiger partial charge is 0.220 e. The molecule has 1 aromatic carbocycles. The van der Waals surface area contributed by atoms with E-state index in [0.29, 0.717) is 19.4 Å². The zero-order valence-electron chi connectivity index (χ0n) is 13.3. The maximum absolute atomic E-state index is 12.0. The molecule has 0 spiro atoms. The SMILES string of the molecule is Cc1nc2ccccn2c1CCC(=O)NCCc1ccccc1. The highest BCUT2D eigenvalue weighted by atomic mass is 16.1. The van der Waals surface area contributed by atoms with Crippen LogP contribution in [0.25, 0.3) is 5.65 Å². The van der Waals surface area contributed by atoms with Crippen molar-refractivity contribution in [1.82, 2.24) is 14.7 Å². The van der Waals surface area contributed by atoms with Crippen LogP contribution in [0.15, 0.2) is 54.7 Å². The quantitative estimate of drug-likeness (QED) is 0.761. The van der Waals surface area contributed by atoms with Gasteiger partial charge < -0.3 is 9.72 Å². The zero-order chi connectivity index (χ0) is 16.1. The van der Waals surface area contributed by atoms with Crippen LogP contribution in [-0.2, 0) is 17.6 Å². The van der Waals surface area contributed by atoms with Crippen molar-refractivity contribution in [2.24, 2.45) is 0 Å². The molecule has 23 heavy (non-hydrogen) atoms. The van der Waals surface area contributed by atoms with Gasteiger partial charge in [-0.15, -0.1) is 0 Å². The van der Waals surface area contributed by atoms with Gasteiger partial charge in [0.15, 0.2) is 0 Å². The highest BCUT2D eigenvalue weighted by molar-refractivity contribution is 5.76. The van der Waals surface area contributed by atoms with Gasteiger partial charge in [-0.05, 0) is 37.5 Å². The lowest BCUT2D eigenvalue weighted by atomic mass is 10.1. The molecule has 1 amide bonds. The molecule has 118 valence electrons. The van der Waals surface area contributed by atoms with Crippen LogP contribution in [0.3, 0.4) is 0 Å². The van der Waals surface area contributed by atoms with E-state index < -0.39 is 0 Å². The van der Waals surface area contributed by atoms with Gasteiger partial charge >= 0.3 is 0 Å². The van der Waals surface area contributed by atoms with Crippen molar-refractivity contribution in [2.45, 2.75) is 26.2 Å². The van der Waals surface area contributed by atoms with Crippen molar-refractivity contribution < 1.29 is 4.79 Å². The Morgan fingerprint density at radius 2 is 1.87 bits per heavy atom. The normalized spacial score (nSPS) is 10.8. The fourth-order valence-corrected chi connectivity index (χ4v) is 2.78. The summed E-state index contributed by atoms with van der Waals surface area (Å²) in [4.78, 5) is 16.6. The number of aromatic nitrogens is 2. The first-order chi connectivity index (χ1) is 11.2. The first kappa shape index (κ1) is 15.3. The summed E-state index contributed by atoms with van der Waals surface area (Å²) >= 11 is 0. The molecule has 0 fully saturated rings. The van der Waals surface area contributed by atoms with Gasteiger partial charge in [0.05, 0.1) is 5.69 Å². The van der Waals surface area contributed by atoms with Crippen LogP contribution in [0.4, 0.5) is 0 Å². The molecule has 0 saturated heterocycles. The summed E-state index contributed by atoms with van der Waals surface area (Å²) in [5.41, 5.74) is 4.28. The summed E-state index contributed by atoms with van der Waals surface area (Å²) in [6, 6.07) is 16.1. The Morgan fingerprint density at radius 1 is 1.09 bits per heavy atom. The van der Waals surface area contributed by atoms with E-state index in [1.54, 1.807) is 0 Å². The second-order valence-electron chi connectivity index (χ2n) is 5.66. The molecule has 0 aliphatic heterocycles. The van der Waals surface area contributed by atoms with Gasteiger partial charge in [0.2, 0.25) is 5.91 Å². The molecule has 4 nitrogen and oxygen atoms in total. The maximum atomic E-state index is 12.0. The van der Waals surface area contributed by atoms with Crippen molar-refractivity contribution in [3.8, 4) is 0 Å². The predicted molar refractivity (Wildman–Crippen MR) is 91.4 cm³/mol. The van der Waals surface area contributed by atoms with Gasteiger partial charge in [-0.25, -0.2) is 4.98 Å². The molecule has 2 aromatic heterocycles. The van der Waals surface area contributed by atoms with Gasteiger partial charge in [0, 0.05) is 24.9 Å². The van der Waals surface area contributed by atoms with Crippen LogP contribution in [0.1, 0.15) is 23.4 Å². The third-order valence-corrected chi connectivity index (χ3v) is 4.00. The predicted octanol–water partition coefficient (Wildman–Crippen LogP) is 2.93. The third-order valence-electron chi connectivity index (χ3n) is 4.00. The fraction of sp³-hybridized carbons (Fsp3) is 0.263. The Bertz CT molecular complexity index is 793. The minimum Gasteiger partial charge on any atom is -0.356 e. The van der Waals surface area contributed by atoms with E-state index in [0.717, 1.165) is 23.5 Å². The first-order valence-corrected chi connectivity index (χ1v) is 7.97. The Balaban J connectivity index is 1.51. The molecule has 3 rings (SSSR count). The lowest BCUT2D eigenvalue weighted by molar-refractivity contribution is -0.121. The van der Waals surface area contributed by atoms with E-state index in [1.165, 1.54) is 5.56 Å². The number of hydrogen-bond donors (Lipinski definition) is 1. The number of rotatable bonds is 6. The molecule has 0 radical (unpaired) electrons. The van der Waals surface area contributed by atoms with Crippen LogP contribution in [0, 0.1) is 6.92 Å². The van der Waals surface area contributed by atoms with Gasteiger partial charge in [-0.1, -0.05) is 36.4 Å². The minimum atomic E-state index is 0.0891. The Kier molecular flexibility index (Phi) is 4.71. The Hall–Kier alpha value is -2.62. The van der Waals surface area contributed by atoms with E-state index in [9.17, 15) is 4.79 Å². The van der Waals surface area contributed by atoms with Crippen LogP contribution < -0.4 is 5.32 Å². The molecule has 0 aliphatic rings. The number of pyridine rings is 1. The lowest BCUT2D eigenvalue weighted by Crippen LogP contribution is -2.26. The number of nitrogens with zero attached hydrogens (tertiary/aromatic N) is 2. The summed E-state index contributed by atoms with van der Waals surface area (Å²) < 4.78 is 2.06. The standard InChI is InChI=1S/C19H21N3O/c1-15-17(22-14-6-5-9-18(22)21-15)10-11-19(23)20-13-12-16-7-3-2-4-8-16/h2-9,14H,10-13H2,1H3,(H,20,23). The molecule has 0 aliphatic carbocycles. The van der Waals surface area contributed by atoms with Crippen molar-refractivity contribution in [2.75, 3.05) is 6.54 Å². The van der Waals surface area contributed by atoms with Crippen molar-refractivity contribution in [3.63, 3.8) is 0 Å². The van der Waals surface area contributed by atoms with Crippen molar-refractivity contribution in [1.29, 1.82) is 0 Å². The molecule has 0 saturated carbocycles. The second-order valence-corrected chi connectivity index (χ2v) is 5.66. The van der Waals surface area contributed by atoms with E-state index >= 15 is 0 Å². The summed E-state index contributed by atoms with van der Waals surface area (Å²) in [7, 11) is 0. The largest absolute Gasteiger partial charge is 0.356 e. The number of fused-ring (bicyclic) bond motifs is 1. The number of imidazole rings is 1. The number of aryl methyl sites for hydroxylation is 2. The van der Waals surface area contributed by atoms with Crippen molar-refractivity contribution in [3.05, 3.63) is 71.7 Å². The maximum Gasteiger partial charge on any atom is 0.220 e. The fourth-order valence-electron chi connectivity index (χ4n) is 2.78. The Labute approximate surface area is 136 Å². The summed E-state index contributed by atoms with van der Waals surface area (Å²) in [5.74, 6) is 0.0891. The number of nitrogens with one attached hydrogen (secondary N) is 1. The third kappa shape index (κ3) is 3.77. The van der Waals surface area contributed by atoms with E-state index in [4.69, 9.17) is 0 Å². The molecular weight excluding hydrogens is 286 g/mol. The summed E-state index contributed by atoms with van der Waals surface area (Å²) in [6.07, 6.45) is 4.05. The second kappa shape index (κ2) is 7.09. The van der Waals surface area contributed by atoms with Gasteiger partial charge in [-0.3, -0.25) is 4.79 Å². The average Bonchev–Trinajstić information content (AvgIpc) is 2.89. The molecule has 0 atom stereocenters. The van der Waals surface area contributed by atoms with Gasteiger partial charge in [0.25, 0.3) is 0 Å². The topological polar surface area (TPSA) is 46.4 Å². The summed E-state index contributed by atoms with van der Waals surface area (Å²) in [6.45, 7) is 2.67. The van der Waals surface area contributed by atoms with E-state index in [-0.39, 0.29) is 5.91 Å². The van der Waals surface area contributed by atoms with Crippen LogP contribution >= 0.6 is 0 Å². The number of benzene rings is 1. The molecular formula is C19H21N3O. The number of amides is 1. The Morgan fingerprint density at radius 3 is 2.70 bits per heavy atom. The van der Waals surface area contributed by atoms with Crippen LogP contribution in [0.5, 0.6) is 0 Å². The number of carbonyl (C=O) groups is 1. The molecule has 1 N–H and O–H groups in total. The molecule has 3 aromatic rings. The van der Waals surface area contributed by atoms with Gasteiger partial charge in [0.1, 0.15) is 5.65 Å². The first-order valence-electron chi connectivity index (χ1n) is 7.97. The highest BCUT2D eigenvalue weighted by Gasteiger charge is 2.10. The average molecular weight is 307 g/mol. The molecule has 0 unspecified atom stereocenters. The van der Waals surface area contributed by atoms with Crippen LogP contribution in [-0.4, -0.2) is 21.8 Å².